The number of carbonyl (C=O) groups is 2. The first-order valence-electron chi connectivity index (χ1n) is 6.55. The van der Waals surface area contributed by atoms with Crippen LogP contribution in [0.1, 0.15) is 18.9 Å². The molecule has 106 valence electrons. The highest BCUT2D eigenvalue weighted by molar-refractivity contribution is 9.10. The zero-order valence-corrected chi connectivity index (χ0v) is 12.8. The van der Waals surface area contributed by atoms with Gasteiger partial charge in [-0.2, -0.15) is 0 Å². The van der Waals surface area contributed by atoms with Crippen molar-refractivity contribution in [3.63, 3.8) is 0 Å². The van der Waals surface area contributed by atoms with Crippen LogP contribution in [0, 0.1) is 0 Å². The highest BCUT2D eigenvalue weighted by atomic mass is 79.9. The fourth-order valence-electron chi connectivity index (χ4n) is 3.33. The number of benzene rings is 1. The van der Waals surface area contributed by atoms with Crippen LogP contribution in [-0.4, -0.2) is 36.5 Å². The van der Waals surface area contributed by atoms with E-state index in [0.29, 0.717) is 13.1 Å². The van der Waals surface area contributed by atoms with Crippen molar-refractivity contribution < 1.29 is 9.59 Å². The SMILES string of the molecule is CC(=O)N1CCC2(C1)CN(C(N)=O)c1ccc(Br)cc12. The molecule has 3 amide bonds. The Balaban J connectivity index is 2.06. The number of hydrogen-bond donors (Lipinski definition) is 1. The number of halogens is 1. The fraction of sp³-hybridized carbons (Fsp3) is 0.429. The number of rotatable bonds is 0. The lowest BCUT2D eigenvalue weighted by molar-refractivity contribution is -0.127. The Labute approximate surface area is 125 Å². The van der Waals surface area contributed by atoms with Gasteiger partial charge in [0.25, 0.3) is 0 Å². The van der Waals surface area contributed by atoms with E-state index in [9.17, 15) is 9.59 Å². The summed E-state index contributed by atoms with van der Waals surface area (Å²) in [5, 5.41) is 0. The highest BCUT2D eigenvalue weighted by Crippen LogP contribution is 2.47. The first-order valence-corrected chi connectivity index (χ1v) is 7.35. The quantitative estimate of drug-likeness (QED) is 0.784. The topological polar surface area (TPSA) is 66.6 Å². The first-order chi connectivity index (χ1) is 9.43. The van der Waals surface area contributed by atoms with Crippen LogP contribution in [0.5, 0.6) is 0 Å². The van der Waals surface area contributed by atoms with Crippen LogP contribution in [-0.2, 0) is 10.2 Å². The lowest BCUT2D eigenvalue weighted by Gasteiger charge is -2.25. The number of urea groups is 1. The van der Waals surface area contributed by atoms with Gasteiger partial charge in [-0.1, -0.05) is 15.9 Å². The second-order valence-corrected chi connectivity index (χ2v) is 6.47. The molecule has 1 atom stereocenters. The molecule has 0 radical (unpaired) electrons. The number of carbonyl (C=O) groups excluding carboxylic acids is 2. The molecule has 6 heteroatoms. The normalized spacial score (nSPS) is 24.3. The predicted octanol–water partition coefficient (Wildman–Crippen LogP) is 1.84. The molecule has 2 aliphatic heterocycles. The third kappa shape index (κ3) is 1.90. The van der Waals surface area contributed by atoms with E-state index in [4.69, 9.17) is 5.73 Å². The van der Waals surface area contributed by atoms with Gasteiger partial charge in [0, 0.05) is 42.1 Å². The maximum Gasteiger partial charge on any atom is 0.319 e. The number of anilines is 1. The molecule has 0 aliphatic carbocycles. The largest absolute Gasteiger partial charge is 0.351 e. The van der Waals surface area contributed by atoms with Crippen molar-refractivity contribution in [1.82, 2.24) is 4.90 Å². The van der Waals surface area contributed by atoms with E-state index >= 15 is 0 Å². The average Bonchev–Trinajstić information content (AvgIpc) is 2.94. The van der Waals surface area contributed by atoms with Gasteiger partial charge in [-0.15, -0.1) is 0 Å². The molecule has 20 heavy (non-hydrogen) atoms. The van der Waals surface area contributed by atoms with Crippen LogP contribution in [0.2, 0.25) is 0 Å². The molecule has 3 rings (SSSR count). The monoisotopic (exact) mass is 337 g/mol. The minimum absolute atomic E-state index is 0.0796. The number of fused-ring (bicyclic) bond motifs is 2. The molecule has 0 aromatic heterocycles. The zero-order chi connectivity index (χ0) is 14.5. The Hall–Kier alpha value is -1.56. The summed E-state index contributed by atoms with van der Waals surface area (Å²) >= 11 is 3.48. The molecule has 5 nitrogen and oxygen atoms in total. The molecule has 1 aromatic carbocycles. The summed E-state index contributed by atoms with van der Waals surface area (Å²) in [5.41, 5.74) is 7.28. The van der Waals surface area contributed by atoms with Crippen LogP contribution in [0.15, 0.2) is 22.7 Å². The van der Waals surface area contributed by atoms with E-state index in [-0.39, 0.29) is 11.3 Å². The Morgan fingerprint density at radius 1 is 1.35 bits per heavy atom. The van der Waals surface area contributed by atoms with Crippen LogP contribution in [0.4, 0.5) is 10.5 Å². The summed E-state index contributed by atoms with van der Waals surface area (Å²) in [4.78, 5) is 26.7. The van der Waals surface area contributed by atoms with E-state index in [1.54, 1.807) is 11.8 Å². The summed E-state index contributed by atoms with van der Waals surface area (Å²) in [6.45, 7) is 3.52. The Kier molecular flexibility index (Phi) is 3.01. The lowest BCUT2D eigenvalue weighted by atomic mass is 9.81. The second kappa shape index (κ2) is 4.48. The van der Waals surface area contributed by atoms with Crippen molar-refractivity contribution in [3.05, 3.63) is 28.2 Å². The molecule has 2 heterocycles. The van der Waals surface area contributed by atoms with Gasteiger partial charge in [-0.3, -0.25) is 9.69 Å². The van der Waals surface area contributed by atoms with Crippen molar-refractivity contribution in [2.75, 3.05) is 24.5 Å². The number of likely N-dealkylation sites (tertiary alicyclic amines) is 1. The summed E-state index contributed by atoms with van der Waals surface area (Å²) in [6.07, 6.45) is 0.861. The zero-order valence-electron chi connectivity index (χ0n) is 11.2. The van der Waals surface area contributed by atoms with E-state index in [0.717, 1.165) is 28.7 Å². The molecule has 1 spiro atoms. The van der Waals surface area contributed by atoms with Crippen LogP contribution in [0.3, 0.4) is 0 Å². The molecule has 1 aromatic rings. The lowest BCUT2D eigenvalue weighted by Crippen LogP contribution is -2.41. The number of primary amides is 1. The third-order valence-corrected chi connectivity index (χ3v) is 4.84. The summed E-state index contributed by atoms with van der Waals surface area (Å²) < 4.78 is 0.975. The van der Waals surface area contributed by atoms with E-state index in [1.165, 1.54) is 0 Å². The van der Waals surface area contributed by atoms with Gasteiger partial charge in [0.1, 0.15) is 0 Å². The average molecular weight is 338 g/mol. The minimum Gasteiger partial charge on any atom is -0.351 e. The Morgan fingerprint density at radius 2 is 2.10 bits per heavy atom. The molecular formula is C14H16BrN3O2. The predicted molar refractivity (Wildman–Crippen MR) is 79.6 cm³/mol. The summed E-state index contributed by atoms with van der Waals surface area (Å²) in [6, 6.07) is 5.43. The van der Waals surface area contributed by atoms with Gasteiger partial charge in [0.15, 0.2) is 0 Å². The Bertz CT molecular complexity index is 604. The number of hydrogen-bond acceptors (Lipinski definition) is 2. The number of nitrogens with two attached hydrogens (primary N) is 1. The van der Waals surface area contributed by atoms with Crippen molar-refractivity contribution in [2.24, 2.45) is 5.73 Å². The minimum atomic E-state index is -0.438. The maximum absolute atomic E-state index is 11.7. The van der Waals surface area contributed by atoms with Gasteiger partial charge in [-0.05, 0) is 30.2 Å². The maximum atomic E-state index is 11.7. The van der Waals surface area contributed by atoms with Crippen LogP contribution >= 0.6 is 15.9 Å². The van der Waals surface area contributed by atoms with Gasteiger partial charge < -0.3 is 10.6 Å². The van der Waals surface area contributed by atoms with Gasteiger partial charge >= 0.3 is 6.03 Å². The first kappa shape index (κ1) is 13.4. The molecule has 1 saturated heterocycles. The fourth-order valence-corrected chi connectivity index (χ4v) is 3.69. The van der Waals surface area contributed by atoms with Crippen molar-refractivity contribution >= 4 is 33.6 Å². The van der Waals surface area contributed by atoms with Crippen molar-refractivity contribution in [2.45, 2.75) is 18.8 Å². The smallest absolute Gasteiger partial charge is 0.319 e. The Morgan fingerprint density at radius 3 is 2.70 bits per heavy atom. The van der Waals surface area contributed by atoms with Crippen molar-refractivity contribution in [3.8, 4) is 0 Å². The van der Waals surface area contributed by atoms with Gasteiger partial charge in [0.2, 0.25) is 5.91 Å². The van der Waals surface area contributed by atoms with E-state index < -0.39 is 6.03 Å². The number of nitrogens with zero attached hydrogens (tertiary/aromatic N) is 2. The van der Waals surface area contributed by atoms with E-state index in [1.807, 2.05) is 23.1 Å². The molecule has 2 N–H and O–H groups in total. The summed E-state index contributed by atoms with van der Waals surface area (Å²) in [7, 11) is 0. The third-order valence-electron chi connectivity index (χ3n) is 4.35. The standard InChI is InChI=1S/C14H16BrN3O2/c1-9(19)17-5-4-14(7-17)8-18(13(16)20)12-3-2-10(15)6-11(12)14/h2-3,6H,4-5,7-8H2,1H3,(H2,16,20). The van der Waals surface area contributed by atoms with Crippen molar-refractivity contribution in [1.29, 1.82) is 0 Å². The highest BCUT2D eigenvalue weighted by Gasteiger charge is 2.49. The molecule has 2 aliphatic rings. The molecule has 0 saturated carbocycles. The summed E-state index contributed by atoms with van der Waals surface area (Å²) in [5.74, 6) is 0.0796. The number of amides is 3. The molecule has 1 fully saturated rings. The van der Waals surface area contributed by atoms with Crippen LogP contribution in [0.25, 0.3) is 0 Å². The van der Waals surface area contributed by atoms with Gasteiger partial charge in [0.05, 0.1) is 0 Å². The molecule has 1 unspecified atom stereocenters. The second-order valence-electron chi connectivity index (χ2n) is 5.56. The van der Waals surface area contributed by atoms with Gasteiger partial charge in [-0.25, -0.2) is 4.79 Å². The molecule has 0 bridgehead atoms. The van der Waals surface area contributed by atoms with Crippen LogP contribution < -0.4 is 10.6 Å². The molecular weight excluding hydrogens is 322 g/mol. The van der Waals surface area contributed by atoms with E-state index in [2.05, 4.69) is 15.9 Å².